The Balaban J connectivity index is 1.53. The highest BCUT2D eigenvalue weighted by Gasteiger charge is 2.67. The Labute approximate surface area is 228 Å². The van der Waals surface area contributed by atoms with Crippen molar-refractivity contribution in [3.63, 3.8) is 0 Å². The Morgan fingerprint density at radius 1 is 0.944 bits per heavy atom. The number of carbonyl (C=O) groups excluding carboxylic acids is 2. The highest BCUT2D eigenvalue weighted by Crippen LogP contribution is 2.65. The van der Waals surface area contributed by atoms with Gasteiger partial charge < -0.3 is 10.6 Å². The van der Waals surface area contributed by atoms with Gasteiger partial charge in [0.05, 0.1) is 27.5 Å². The van der Waals surface area contributed by atoms with Crippen LogP contribution in [0.3, 0.4) is 0 Å². The number of carbonyl (C=O) groups is 2. The number of nitro groups is 1. The second-order valence-corrected chi connectivity index (χ2v) is 10.6. The van der Waals surface area contributed by atoms with E-state index >= 15 is 0 Å². The number of anilines is 2. The molecule has 1 fully saturated rings. The maximum atomic E-state index is 13.4. The van der Waals surface area contributed by atoms with Crippen molar-refractivity contribution in [2.75, 3.05) is 10.6 Å². The molecule has 4 rings (SSSR count). The van der Waals surface area contributed by atoms with E-state index in [1.54, 1.807) is 12.1 Å². The van der Waals surface area contributed by atoms with Gasteiger partial charge in [0.1, 0.15) is 15.8 Å². The molecular formula is C23H13Cl5FN3O4. The van der Waals surface area contributed by atoms with Gasteiger partial charge in [-0.05, 0) is 54.1 Å². The lowest BCUT2D eigenvalue weighted by Crippen LogP contribution is -2.18. The Kier molecular flexibility index (Phi) is 7.37. The summed E-state index contributed by atoms with van der Waals surface area (Å²) in [6, 6.07) is 11.6. The molecule has 36 heavy (non-hydrogen) atoms. The number of benzene rings is 3. The first-order chi connectivity index (χ1) is 16.9. The van der Waals surface area contributed by atoms with Gasteiger partial charge in [0, 0.05) is 21.7 Å². The number of nitro benzene ring substituents is 1. The summed E-state index contributed by atoms with van der Waals surface area (Å²) in [6.07, 6.45) is 0. The molecule has 2 amide bonds. The van der Waals surface area contributed by atoms with Crippen molar-refractivity contribution in [1.29, 1.82) is 0 Å². The summed E-state index contributed by atoms with van der Waals surface area (Å²) in [4.78, 5) is 36.1. The van der Waals surface area contributed by atoms with Crippen molar-refractivity contribution in [2.24, 2.45) is 5.92 Å². The van der Waals surface area contributed by atoms with Crippen molar-refractivity contribution < 1.29 is 18.9 Å². The molecule has 0 unspecified atom stereocenters. The zero-order chi connectivity index (χ0) is 26.4. The molecule has 0 aliphatic heterocycles. The molecule has 1 aliphatic rings. The third-order valence-corrected chi connectivity index (χ3v) is 7.17. The van der Waals surface area contributed by atoms with E-state index in [0.29, 0.717) is 21.7 Å². The third kappa shape index (κ3) is 5.38. The number of hydrogen-bond acceptors (Lipinski definition) is 4. The Bertz CT molecular complexity index is 1400. The monoisotopic (exact) mass is 589 g/mol. The maximum Gasteiger partial charge on any atom is 0.295 e. The van der Waals surface area contributed by atoms with E-state index in [1.807, 2.05) is 0 Å². The van der Waals surface area contributed by atoms with E-state index in [-0.39, 0.29) is 22.0 Å². The molecule has 0 saturated heterocycles. The number of alkyl halides is 2. The highest BCUT2D eigenvalue weighted by atomic mass is 35.5. The zero-order valence-electron chi connectivity index (χ0n) is 17.7. The van der Waals surface area contributed by atoms with Gasteiger partial charge in [0.25, 0.3) is 11.6 Å². The van der Waals surface area contributed by atoms with Crippen LogP contribution in [0.15, 0.2) is 54.6 Å². The SMILES string of the molecule is O=C(Nc1ccc(F)cc1[N+](=O)[O-])c1cc(NC(=O)[C@H]2[C@H](c3cc(Cl)cc(Cl)c3)C2(Cl)Cl)ccc1Cl. The Morgan fingerprint density at radius 3 is 2.25 bits per heavy atom. The smallest absolute Gasteiger partial charge is 0.295 e. The van der Waals surface area contributed by atoms with Gasteiger partial charge in [-0.3, -0.25) is 19.7 Å². The van der Waals surface area contributed by atoms with Crippen molar-refractivity contribution in [1.82, 2.24) is 0 Å². The second-order valence-electron chi connectivity index (χ2n) is 7.89. The number of halogens is 6. The molecule has 2 N–H and O–H groups in total. The molecule has 0 heterocycles. The van der Waals surface area contributed by atoms with Crippen LogP contribution >= 0.6 is 58.0 Å². The lowest BCUT2D eigenvalue weighted by Gasteiger charge is -2.11. The van der Waals surface area contributed by atoms with Crippen molar-refractivity contribution >= 4 is 86.9 Å². The average molecular weight is 592 g/mol. The predicted molar refractivity (Wildman–Crippen MR) is 138 cm³/mol. The van der Waals surface area contributed by atoms with E-state index in [0.717, 1.165) is 12.1 Å². The lowest BCUT2D eigenvalue weighted by molar-refractivity contribution is -0.384. The minimum absolute atomic E-state index is 0.0113. The molecule has 0 aromatic heterocycles. The van der Waals surface area contributed by atoms with Crippen LogP contribution in [0, 0.1) is 21.8 Å². The summed E-state index contributed by atoms with van der Waals surface area (Å²) in [5, 5.41) is 16.9. The van der Waals surface area contributed by atoms with E-state index in [2.05, 4.69) is 10.6 Å². The number of rotatable bonds is 6. The van der Waals surface area contributed by atoms with Gasteiger partial charge >= 0.3 is 0 Å². The van der Waals surface area contributed by atoms with Crippen LogP contribution < -0.4 is 10.6 Å². The normalized spacial score (nSPS) is 17.8. The Morgan fingerprint density at radius 2 is 1.61 bits per heavy atom. The fraction of sp³-hybridized carbons (Fsp3) is 0.130. The fourth-order valence-electron chi connectivity index (χ4n) is 3.77. The van der Waals surface area contributed by atoms with Crippen molar-refractivity contribution in [3.05, 3.63) is 96.7 Å². The van der Waals surface area contributed by atoms with Crippen LogP contribution in [0.25, 0.3) is 0 Å². The number of nitrogens with zero attached hydrogens (tertiary/aromatic N) is 1. The molecule has 3 aromatic rings. The molecule has 13 heteroatoms. The second kappa shape index (κ2) is 10.0. The van der Waals surface area contributed by atoms with E-state index in [9.17, 15) is 24.1 Å². The Hall–Kier alpha value is -2.62. The largest absolute Gasteiger partial charge is 0.326 e. The summed E-state index contributed by atoms with van der Waals surface area (Å²) < 4.78 is 12.0. The minimum Gasteiger partial charge on any atom is -0.326 e. The first kappa shape index (κ1) is 26.4. The quantitative estimate of drug-likeness (QED) is 0.176. The van der Waals surface area contributed by atoms with Crippen LogP contribution in [0.5, 0.6) is 0 Å². The van der Waals surface area contributed by atoms with Gasteiger partial charge in [0.15, 0.2) is 0 Å². The van der Waals surface area contributed by atoms with Crippen LogP contribution in [0.4, 0.5) is 21.5 Å². The van der Waals surface area contributed by atoms with Crippen molar-refractivity contribution in [3.8, 4) is 0 Å². The van der Waals surface area contributed by atoms with Gasteiger partial charge in [-0.25, -0.2) is 4.39 Å². The molecule has 0 bridgehead atoms. The van der Waals surface area contributed by atoms with Gasteiger partial charge in [-0.2, -0.15) is 0 Å². The van der Waals surface area contributed by atoms with Crippen molar-refractivity contribution in [2.45, 2.75) is 10.3 Å². The molecule has 7 nitrogen and oxygen atoms in total. The van der Waals surface area contributed by atoms with Gasteiger partial charge in [-0.1, -0.05) is 34.8 Å². The first-order valence-electron chi connectivity index (χ1n) is 10.1. The molecule has 1 saturated carbocycles. The van der Waals surface area contributed by atoms with Crippen LogP contribution in [0.2, 0.25) is 15.1 Å². The minimum atomic E-state index is -1.41. The van der Waals surface area contributed by atoms with Gasteiger partial charge in [0.2, 0.25) is 5.91 Å². The van der Waals surface area contributed by atoms with Crippen LogP contribution in [-0.2, 0) is 4.79 Å². The molecule has 0 spiro atoms. The number of hydrogen-bond donors (Lipinski definition) is 2. The molecule has 0 radical (unpaired) electrons. The summed E-state index contributed by atoms with van der Waals surface area (Å²) in [6.45, 7) is 0. The predicted octanol–water partition coefficient (Wildman–Crippen LogP) is 7.47. The van der Waals surface area contributed by atoms with E-state index in [4.69, 9.17) is 58.0 Å². The summed E-state index contributed by atoms with van der Waals surface area (Å²) in [7, 11) is 0. The van der Waals surface area contributed by atoms with Gasteiger partial charge in [-0.15, -0.1) is 23.2 Å². The average Bonchev–Trinajstić information content (AvgIpc) is 3.37. The molecule has 2 atom stereocenters. The summed E-state index contributed by atoms with van der Waals surface area (Å²) in [5.74, 6) is -3.59. The maximum absolute atomic E-state index is 13.4. The first-order valence-corrected chi connectivity index (χ1v) is 12.0. The van der Waals surface area contributed by atoms with E-state index < -0.39 is 44.4 Å². The lowest BCUT2D eigenvalue weighted by atomic mass is 10.1. The summed E-state index contributed by atoms with van der Waals surface area (Å²) >= 11 is 31.0. The summed E-state index contributed by atoms with van der Waals surface area (Å²) in [5.41, 5.74) is -0.167. The topological polar surface area (TPSA) is 101 Å². The molecule has 3 aromatic carbocycles. The van der Waals surface area contributed by atoms with Crippen LogP contribution in [-0.4, -0.2) is 21.1 Å². The fourth-order valence-corrected chi connectivity index (χ4v) is 5.35. The molecular weight excluding hydrogens is 579 g/mol. The number of amides is 2. The third-order valence-electron chi connectivity index (χ3n) is 5.46. The zero-order valence-corrected chi connectivity index (χ0v) is 21.5. The standard InChI is InChI=1S/C23H13Cl5FN3O4/c24-11-5-10(6-12(25)7-11)19-20(23(19,27)28)22(34)30-14-2-3-16(26)15(9-14)21(33)31-17-4-1-13(29)8-18(17)32(35)36/h1-9,19-20H,(H,30,34)(H,31,33)/t19-,20+/m0/s1. The number of nitrogens with one attached hydrogen (secondary N) is 2. The molecule has 1 aliphatic carbocycles. The van der Waals surface area contributed by atoms with Crippen LogP contribution in [0.1, 0.15) is 21.8 Å². The highest BCUT2D eigenvalue weighted by molar-refractivity contribution is 6.53. The molecule has 186 valence electrons. The van der Waals surface area contributed by atoms with E-state index in [1.165, 1.54) is 24.3 Å².